The lowest BCUT2D eigenvalue weighted by atomic mass is 10.0. The van der Waals surface area contributed by atoms with Crippen LogP contribution in [0.4, 0.5) is 0 Å². The fourth-order valence-corrected chi connectivity index (χ4v) is 2.63. The second kappa shape index (κ2) is 8.63. The van der Waals surface area contributed by atoms with Crippen LogP contribution >= 0.6 is 11.6 Å². The minimum Gasteiger partial charge on any atom is -0.329 e. The smallest absolute Gasteiger partial charge is 0.0470 e. The standard InChI is InChI=1S/C16H28ClN3/c1-5-20(10-6-9-19(3)4)16(12-18)14-8-7-13(2)15(17)11-14/h7-8,11,16H,5-6,9-10,12,18H2,1-4H3. The highest BCUT2D eigenvalue weighted by molar-refractivity contribution is 6.31. The molecule has 1 aromatic carbocycles. The first-order valence-electron chi connectivity index (χ1n) is 7.34. The number of hydrogen-bond acceptors (Lipinski definition) is 3. The van der Waals surface area contributed by atoms with Crippen molar-refractivity contribution in [1.29, 1.82) is 0 Å². The molecule has 0 saturated carbocycles. The molecule has 2 N–H and O–H groups in total. The Morgan fingerprint density at radius 3 is 2.45 bits per heavy atom. The lowest BCUT2D eigenvalue weighted by Crippen LogP contribution is -2.35. The zero-order valence-corrected chi connectivity index (χ0v) is 14.0. The molecule has 1 unspecified atom stereocenters. The van der Waals surface area contributed by atoms with Crippen LogP contribution in [0.3, 0.4) is 0 Å². The molecule has 0 amide bonds. The maximum absolute atomic E-state index is 6.24. The average molecular weight is 298 g/mol. The quantitative estimate of drug-likeness (QED) is 0.801. The molecular weight excluding hydrogens is 270 g/mol. The molecule has 0 aromatic heterocycles. The molecule has 1 atom stereocenters. The maximum atomic E-state index is 6.24. The van der Waals surface area contributed by atoms with Crippen LogP contribution < -0.4 is 5.73 Å². The zero-order valence-electron chi connectivity index (χ0n) is 13.2. The monoisotopic (exact) mass is 297 g/mol. The molecule has 1 rings (SSSR count). The Morgan fingerprint density at radius 2 is 1.95 bits per heavy atom. The number of benzene rings is 1. The Labute approximate surface area is 128 Å². The lowest BCUT2D eigenvalue weighted by Gasteiger charge is -2.31. The molecule has 0 aliphatic heterocycles. The molecule has 4 heteroatoms. The van der Waals surface area contributed by atoms with E-state index in [1.54, 1.807) is 0 Å². The van der Waals surface area contributed by atoms with E-state index in [-0.39, 0.29) is 6.04 Å². The van der Waals surface area contributed by atoms with E-state index in [9.17, 15) is 0 Å². The third-order valence-electron chi connectivity index (χ3n) is 3.70. The van der Waals surface area contributed by atoms with Gasteiger partial charge in [0.2, 0.25) is 0 Å². The Balaban J connectivity index is 2.77. The van der Waals surface area contributed by atoms with Crippen molar-refractivity contribution in [3.05, 3.63) is 34.3 Å². The summed E-state index contributed by atoms with van der Waals surface area (Å²) in [5.74, 6) is 0. The van der Waals surface area contributed by atoms with E-state index in [0.29, 0.717) is 6.54 Å². The molecule has 0 aliphatic rings. The Kier molecular flexibility index (Phi) is 7.52. The third-order valence-corrected chi connectivity index (χ3v) is 4.11. The summed E-state index contributed by atoms with van der Waals surface area (Å²) in [5, 5.41) is 0.824. The number of nitrogens with two attached hydrogens (primary N) is 1. The molecule has 114 valence electrons. The van der Waals surface area contributed by atoms with E-state index in [4.69, 9.17) is 17.3 Å². The van der Waals surface area contributed by atoms with Crippen LogP contribution in [0.5, 0.6) is 0 Å². The Morgan fingerprint density at radius 1 is 1.25 bits per heavy atom. The fourth-order valence-electron chi connectivity index (χ4n) is 2.44. The van der Waals surface area contributed by atoms with Crippen molar-refractivity contribution >= 4 is 11.6 Å². The van der Waals surface area contributed by atoms with Crippen molar-refractivity contribution in [3.63, 3.8) is 0 Å². The molecule has 0 bridgehead atoms. The van der Waals surface area contributed by atoms with Gasteiger partial charge in [0.25, 0.3) is 0 Å². The highest BCUT2D eigenvalue weighted by atomic mass is 35.5. The summed E-state index contributed by atoms with van der Waals surface area (Å²) >= 11 is 6.24. The van der Waals surface area contributed by atoms with E-state index in [2.05, 4.69) is 49.0 Å². The number of halogens is 1. The SMILES string of the molecule is CCN(CCCN(C)C)C(CN)c1ccc(C)c(Cl)c1. The van der Waals surface area contributed by atoms with E-state index in [1.807, 2.05) is 6.92 Å². The summed E-state index contributed by atoms with van der Waals surface area (Å²) in [6.45, 7) is 7.99. The average Bonchev–Trinajstić information content (AvgIpc) is 2.41. The second-order valence-corrected chi connectivity index (χ2v) is 5.95. The Bertz CT molecular complexity index is 407. The first-order valence-corrected chi connectivity index (χ1v) is 7.72. The van der Waals surface area contributed by atoms with Crippen LogP contribution in [0.2, 0.25) is 5.02 Å². The summed E-state index contributed by atoms with van der Waals surface area (Å²) in [4.78, 5) is 4.65. The van der Waals surface area contributed by atoms with Gasteiger partial charge in [-0.25, -0.2) is 0 Å². The van der Waals surface area contributed by atoms with Gasteiger partial charge in [-0.2, -0.15) is 0 Å². The topological polar surface area (TPSA) is 32.5 Å². The van der Waals surface area contributed by atoms with Crippen LogP contribution in [0.1, 0.15) is 30.5 Å². The van der Waals surface area contributed by atoms with Crippen LogP contribution in [0.25, 0.3) is 0 Å². The highest BCUT2D eigenvalue weighted by Crippen LogP contribution is 2.25. The minimum absolute atomic E-state index is 0.250. The van der Waals surface area contributed by atoms with Crippen molar-refractivity contribution in [3.8, 4) is 0 Å². The summed E-state index contributed by atoms with van der Waals surface area (Å²) in [7, 11) is 4.22. The number of aryl methyl sites for hydroxylation is 1. The minimum atomic E-state index is 0.250. The number of rotatable bonds is 8. The normalized spacial score (nSPS) is 13.2. The van der Waals surface area contributed by atoms with Gasteiger partial charge in [0.1, 0.15) is 0 Å². The molecule has 1 aromatic rings. The van der Waals surface area contributed by atoms with Gasteiger partial charge < -0.3 is 10.6 Å². The lowest BCUT2D eigenvalue weighted by molar-refractivity contribution is 0.201. The number of hydrogen-bond donors (Lipinski definition) is 1. The van der Waals surface area contributed by atoms with Gasteiger partial charge in [-0.3, -0.25) is 4.90 Å². The molecule has 0 radical (unpaired) electrons. The van der Waals surface area contributed by atoms with Crippen LogP contribution in [-0.2, 0) is 0 Å². The van der Waals surface area contributed by atoms with E-state index in [0.717, 1.165) is 36.6 Å². The molecule has 0 heterocycles. The van der Waals surface area contributed by atoms with E-state index in [1.165, 1.54) is 5.56 Å². The predicted octanol–water partition coefficient (Wildman–Crippen LogP) is 2.92. The first-order chi connectivity index (χ1) is 9.49. The molecule has 0 fully saturated rings. The third kappa shape index (κ3) is 5.06. The first kappa shape index (κ1) is 17.4. The summed E-state index contributed by atoms with van der Waals surface area (Å²) < 4.78 is 0. The van der Waals surface area contributed by atoms with Gasteiger partial charge >= 0.3 is 0 Å². The highest BCUT2D eigenvalue weighted by Gasteiger charge is 2.18. The van der Waals surface area contributed by atoms with Crippen molar-refractivity contribution in [2.45, 2.75) is 26.3 Å². The molecule has 3 nitrogen and oxygen atoms in total. The number of nitrogens with zero attached hydrogens (tertiary/aromatic N) is 2. The van der Waals surface area contributed by atoms with Gasteiger partial charge in [0, 0.05) is 24.2 Å². The van der Waals surface area contributed by atoms with Crippen molar-refractivity contribution in [1.82, 2.24) is 9.80 Å². The van der Waals surface area contributed by atoms with Gasteiger partial charge in [-0.1, -0.05) is 30.7 Å². The molecule has 20 heavy (non-hydrogen) atoms. The van der Waals surface area contributed by atoms with E-state index >= 15 is 0 Å². The second-order valence-electron chi connectivity index (χ2n) is 5.55. The van der Waals surface area contributed by atoms with Crippen LogP contribution in [-0.4, -0.2) is 50.1 Å². The maximum Gasteiger partial charge on any atom is 0.0470 e. The largest absolute Gasteiger partial charge is 0.329 e. The molecular formula is C16H28ClN3. The van der Waals surface area contributed by atoms with Crippen molar-refractivity contribution < 1.29 is 0 Å². The van der Waals surface area contributed by atoms with Gasteiger partial charge in [-0.05, 0) is 57.7 Å². The van der Waals surface area contributed by atoms with Crippen LogP contribution in [0.15, 0.2) is 18.2 Å². The zero-order chi connectivity index (χ0) is 15.1. The summed E-state index contributed by atoms with van der Waals surface area (Å²) in [6, 6.07) is 6.53. The molecule has 0 saturated heterocycles. The summed E-state index contributed by atoms with van der Waals surface area (Å²) in [5.41, 5.74) is 8.34. The molecule has 0 spiro atoms. The Hall–Kier alpha value is -0.610. The van der Waals surface area contributed by atoms with Crippen molar-refractivity contribution in [2.75, 3.05) is 40.3 Å². The molecule has 0 aliphatic carbocycles. The fraction of sp³-hybridized carbons (Fsp3) is 0.625. The van der Waals surface area contributed by atoms with E-state index < -0.39 is 0 Å². The van der Waals surface area contributed by atoms with Gasteiger partial charge in [0.15, 0.2) is 0 Å². The number of likely N-dealkylation sites (N-methyl/N-ethyl adjacent to an activating group) is 1. The summed E-state index contributed by atoms with van der Waals surface area (Å²) in [6.07, 6.45) is 1.15. The predicted molar refractivity (Wildman–Crippen MR) is 88.4 cm³/mol. The van der Waals surface area contributed by atoms with Gasteiger partial charge in [-0.15, -0.1) is 0 Å². The van der Waals surface area contributed by atoms with Gasteiger partial charge in [0.05, 0.1) is 0 Å². The van der Waals surface area contributed by atoms with Crippen LogP contribution in [0, 0.1) is 6.92 Å². The van der Waals surface area contributed by atoms with Crippen molar-refractivity contribution in [2.24, 2.45) is 5.73 Å².